The molecule has 0 saturated heterocycles. The monoisotopic (exact) mass is 403 g/mol. The Hall–Kier alpha value is -2.52. The van der Waals surface area contributed by atoms with Crippen molar-refractivity contribution in [3.8, 4) is 0 Å². The van der Waals surface area contributed by atoms with Gasteiger partial charge in [-0.05, 0) is 59.7 Å². The van der Waals surface area contributed by atoms with Crippen molar-refractivity contribution in [1.82, 2.24) is 0 Å². The molecule has 1 N–H and O–H groups in total. The van der Waals surface area contributed by atoms with E-state index in [1.54, 1.807) is 0 Å². The third kappa shape index (κ3) is 6.50. The van der Waals surface area contributed by atoms with E-state index in [1.807, 2.05) is 23.9 Å². The van der Waals surface area contributed by atoms with Gasteiger partial charge in [-0.1, -0.05) is 68.4 Å². The van der Waals surface area contributed by atoms with Gasteiger partial charge in [0, 0.05) is 22.8 Å². The van der Waals surface area contributed by atoms with Gasteiger partial charge in [-0.25, -0.2) is 0 Å². The van der Waals surface area contributed by atoms with E-state index in [0.29, 0.717) is 12.3 Å². The first-order valence-electron chi connectivity index (χ1n) is 10.2. The maximum atomic E-state index is 12.4. The largest absolute Gasteiger partial charge is 0.326 e. The third-order valence-electron chi connectivity index (χ3n) is 5.00. The first-order chi connectivity index (χ1) is 14.0. The molecule has 1 amide bonds. The van der Waals surface area contributed by atoms with Crippen LogP contribution in [0.4, 0.5) is 5.69 Å². The summed E-state index contributed by atoms with van der Waals surface area (Å²) in [5.41, 5.74) is 5.80. The van der Waals surface area contributed by atoms with Gasteiger partial charge in [-0.15, -0.1) is 11.8 Å². The van der Waals surface area contributed by atoms with Crippen LogP contribution in [-0.4, -0.2) is 5.91 Å². The zero-order valence-electron chi connectivity index (χ0n) is 17.4. The van der Waals surface area contributed by atoms with E-state index < -0.39 is 0 Å². The maximum Gasteiger partial charge on any atom is 0.224 e. The van der Waals surface area contributed by atoms with Gasteiger partial charge < -0.3 is 5.32 Å². The molecule has 0 aromatic heterocycles. The molecule has 0 radical (unpaired) electrons. The van der Waals surface area contributed by atoms with Gasteiger partial charge in [0.1, 0.15) is 0 Å². The SMILES string of the molecule is Cc1cc(CSc2ccccc2)ccc1NC(=O)CCc1ccc(C(C)C)cc1. The van der Waals surface area contributed by atoms with Crippen LogP contribution in [0.25, 0.3) is 0 Å². The van der Waals surface area contributed by atoms with E-state index in [4.69, 9.17) is 0 Å². The van der Waals surface area contributed by atoms with Crippen LogP contribution in [0.5, 0.6) is 0 Å². The van der Waals surface area contributed by atoms with Crippen LogP contribution in [0.3, 0.4) is 0 Å². The molecular weight excluding hydrogens is 374 g/mol. The molecule has 3 rings (SSSR count). The number of hydrogen-bond donors (Lipinski definition) is 1. The Bertz CT molecular complexity index is 933. The zero-order chi connectivity index (χ0) is 20.6. The lowest BCUT2D eigenvalue weighted by atomic mass is 10.0. The fourth-order valence-electron chi connectivity index (χ4n) is 3.18. The molecule has 29 heavy (non-hydrogen) atoms. The lowest BCUT2D eigenvalue weighted by Gasteiger charge is -2.11. The first-order valence-corrected chi connectivity index (χ1v) is 11.2. The highest BCUT2D eigenvalue weighted by molar-refractivity contribution is 7.98. The number of hydrogen-bond acceptors (Lipinski definition) is 2. The molecule has 0 unspecified atom stereocenters. The minimum atomic E-state index is 0.0625. The molecule has 0 aliphatic rings. The van der Waals surface area contributed by atoms with E-state index in [2.05, 4.69) is 86.8 Å². The number of anilines is 1. The van der Waals surface area contributed by atoms with Crippen molar-refractivity contribution < 1.29 is 4.79 Å². The van der Waals surface area contributed by atoms with Gasteiger partial charge in [0.15, 0.2) is 0 Å². The Labute approximate surface area is 178 Å². The van der Waals surface area contributed by atoms with Crippen LogP contribution in [-0.2, 0) is 17.0 Å². The Kier molecular flexibility index (Phi) is 7.54. The van der Waals surface area contributed by atoms with E-state index >= 15 is 0 Å². The Morgan fingerprint density at radius 1 is 0.931 bits per heavy atom. The Morgan fingerprint density at radius 3 is 2.28 bits per heavy atom. The molecule has 0 spiro atoms. The zero-order valence-corrected chi connectivity index (χ0v) is 18.3. The van der Waals surface area contributed by atoms with Crippen LogP contribution >= 0.6 is 11.8 Å². The summed E-state index contributed by atoms with van der Waals surface area (Å²) in [5.74, 6) is 1.52. The highest BCUT2D eigenvalue weighted by Crippen LogP contribution is 2.25. The molecule has 150 valence electrons. The standard InChI is InChI=1S/C26H29NOS/c1-19(2)23-13-9-21(10-14-23)12-16-26(28)27-25-15-11-22(17-20(25)3)18-29-24-7-5-4-6-8-24/h4-11,13-15,17,19H,12,16,18H2,1-3H3,(H,27,28). The summed E-state index contributed by atoms with van der Waals surface area (Å²) in [6.45, 7) is 6.43. The number of amides is 1. The van der Waals surface area contributed by atoms with E-state index in [0.717, 1.165) is 23.4 Å². The van der Waals surface area contributed by atoms with Crippen molar-refractivity contribution in [2.45, 2.75) is 50.2 Å². The summed E-state index contributed by atoms with van der Waals surface area (Å²) in [4.78, 5) is 13.7. The number of benzene rings is 3. The van der Waals surface area contributed by atoms with Gasteiger partial charge in [-0.3, -0.25) is 4.79 Å². The first kappa shape index (κ1) is 21.2. The lowest BCUT2D eigenvalue weighted by Crippen LogP contribution is -2.13. The van der Waals surface area contributed by atoms with Crippen molar-refractivity contribution in [3.05, 3.63) is 95.1 Å². The number of carbonyl (C=O) groups excluding carboxylic acids is 1. The molecule has 0 atom stereocenters. The van der Waals surface area contributed by atoms with Gasteiger partial charge in [0.2, 0.25) is 5.91 Å². The predicted octanol–water partition coefficient (Wildman–Crippen LogP) is 6.98. The number of nitrogens with one attached hydrogen (secondary N) is 1. The Balaban J connectivity index is 1.50. The fraction of sp³-hybridized carbons (Fsp3) is 0.269. The minimum Gasteiger partial charge on any atom is -0.326 e. The molecule has 2 nitrogen and oxygen atoms in total. The molecule has 3 heteroatoms. The summed E-state index contributed by atoms with van der Waals surface area (Å²) in [5, 5.41) is 3.07. The second-order valence-electron chi connectivity index (χ2n) is 7.70. The minimum absolute atomic E-state index is 0.0625. The highest BCUT2D eigenvalue weighted by Gasteiger charge is 2.07. The Morgan fingerprint density at radius 2 is 1.62 bits per heavy atom. The van der Waals surface area contributed by atoms with Crippen LogP contribution in [0.1, 0.15) is 48.4 Å². The molecular formula is C26H29NOS. The average Bonchev–Trinajstić information content (AvgIpc) is 2.73. The third-order valence-corrected chi connectivity index (χ3v) is 6.08. The van der Waals surface area contributed by atoms with E-state index in [-0.39, 0.29) is 5.91 Å². The summed E-state index contributed by atoms with van der Waals surface area (Å²) < 4.78 is 0. The van der Waals surface area contributed by atoms with Crippen molar-refractivity contribution in [3.63, 3.8) is 0 Å². The number of rotatable bonds is 8. The molecule has 0 heterocycles. The number of aryl methyl sites for hydroxylation is 2. The molecule has 3 aromatic carbocycles. The van der Waals surface area contributed by atoms with Gasteiger partial charge in [-0.2, -0.15) is 0 Å². The van der Waals surface area contributed by atoms with E-state index in [9.17, 15) is 4.79 Å². The number of carbonyl (C=O) groups is 1. The quantitative estimate of drug-likeness (QED) is 0.411. The van der Waals surface area contributed by atoms with Crippen LogP contribution in [0.15, 0.2) is 77.7 Å². The van der Waals surface area contributed by atoms with Crippen LogP contribution in [0, 0.1) is 6.92 Å². The molecule has 0 bridgehead atoms. The molecule has 0 fully saturated rings. The summed E-state index contributed by atoms with van der Waals surface area (Å²) in [7, 11) is 0. The highest BCUT2D eigenvalue weighted by atomic mass is 32.2. The molecule has 0 aliphatic carbocycles. The second kappa shape index (κ2) is 10.3. The van der Waals surface area contributed by atoms with Gasteiger partial charge in [0.05, 0.1) is 0 Å². The normalized spacial score (nSPS) is 10.9. The molecule has 0 aliphatic heterocycles. The molecule has 3 aromatic rings. The van der Waals surface area contributed by atoms with Gasteiger partial charge >= 0.3 is 0 Å². The van der Waals surface area contributed by atoms with Crippen molar-refractivity contribution in [2.75, 3.05) is 5.32 Å². The van der Waals surface area contributed by atoms with Crippen molar-refractivity contribution in [1.29, 1.82) is 0 Å². The second-order valence-corrected chi connectivity index (χ2v) is 8.74. The summed E-state index contributed by atoms with van der Waals surface area (Å²) >= 11 is 1.82. The van der Waals surface area contributed by atoms with E-state index in [1.165, 1.54) is 21.6 Å². The molecule has 0 saturated carbocycles. The lowest BCUT2D eigenvalue weighted by molar-refractivity contribution is -0.116. The maximum absolute atomic E-state index is 12.4. The van der Waals surface area contributed by atoms with Crippen molar-refractivity contribution in [2.24, 2.45) is 0 Å². The number of thioether (sulfide) groups is 1. The summed E-state index contributed by atoms with van der Waals surface area (Å²) in [6.07, 6.45) is 1.25. The smallest absolute Gasteiger partial charge is 0.224 e. The van der Waals surface area contributed by atoms with Crippen LogP contribution in [0.2, 0.25) is 0 Å². The van der Waals surface area contributed by atoms with Crippen molar-refractivity contribution >= 4 is 23.4 Å². The summed E-state index contributed by atoms with van der Waals surface area (Å²) in [6, 6.07) is 25.3. The average molecular weight is 404 g/mol. The fourth-order valence-corrected chi connectivity index (χ4v) is 4.04. The van der Waals surface area contributed by atoms with Gasteiger partial charge in [0.25, 0.3) is 0 Å². The topological polar surface area (TPSA) is 29.1 Å². The van der Waals surface area contributed by atoms with Crippen LogP contribution < -0.4 is 5.32 Å². The predicted molar refractivity (Wildman–Crippen MR) is 125 cm³/mol.